The number of piperazine rings is 1. The van der Waals surface area contributed by atoms with Crippen LogP contribution in [0.15, 0.2) is 24.3 Å². The van der Waals surface area contributed by atoms with E-state index in [0.717, 1.165) is 11.3 Å². The van der Waals surface area contributed by atoms with E-state index in [-0.39, 0.29) is 18.2 Å². The van der Waals surface area contributed by atoms with Crippen molar-refractivity contribution >= 4 is 11.8 Å². The predicted octanol–water partition coefficient (Wildman–Crippen LogP) is 1.21. The second-order valence-electron chi connectivity index (χ2n) is 5.41. The Morgan fingerprint density at radius 1 is 1.13 bits per heavy atom. The van der Waals surface area contributed by atoms with Gasteiger partial charge in [-0.1, -0.05) is 18.2 Å². The highest BCUT2D eigenvalue weighted by molar-refractivity contribution is 5.79. The molecule has 0 unspecified atom stereocenters. The molecule has 6 nitrogen and oxygen atoms in total. The Labute approximate surface area is 136 Å². The molecule has 0 aromatic heterocycles. The molecule has 1 aliphatic heterocycles. The van der Waals surface area contributed by atoms with Gasteiger partial charge in [-0.15, -0.1) is 0 Å². The first-order chi connectivity index (χ1) is 11.2. The van der Waals surface area contributed by atoms with Gasteiger partial charge in [0.2, 0.25) is 11.8 Å². The summed E-state index contributed by atoms with van der Waals surface area (Å²) in [5, 5.41) is 8.56. The number of nitriles is 1. The molecule has 23 heavy (non-hydrogen) atoms. The van der Waals surface area contributed by atoms with Crippen LogP contribution in [0.25, 0.3) is 0 Å². The Bertz CT molecular complexity index is 601. The van der Waals surface area contributed by atoms with Crippen LogP contribution in [0.4, 0.5) is 0 Å². The molecule has 0 saturated carbocycles. The first kappa shape index (κ1) is 16.8. The number of rotatable bonds is 5. The van der Waals surface area contributed by atoms with Gasteiger partial charge >= 0.3 is 0 Å². The fraction of sp³-hybridized carbons (Fsp3) is 0.471. The summed E-state index contributed by atoms with van der Waals surface area (Å²) < 4.78 is 5.29. The van der Waals surface area contributed by atoms with Crippen LogP contribution in [-0.4, -0.2) is 54.9 Å². The molecule has 2 rings (SSSR count). The number of aryl methyl sites for hydroxylation is 1. The zero-order valence-electron chi connectivity index (χ0n) is 13.3. The Balaban J connectivity index is 1.81. The van der Waals surface area contributed by atoms with E-state index in [1.807, 2.05) is 30.3 Å². The Kier molecular flexibility index (Phi) is 5.98. The van der Waals surface area contributed by atoms with Crippen LogP contribution >= 0.6 is 0 Å². The minimum absolute atomic E-state index is 0.0864. The molecule has 1 saturated heterocycles. The largest absolute Gasteiger partial charge is 0.496 e. The van der Waals surface area contributed by atoms with Gasteiger partial charge in [0.05, 0.1) is 13.2 Å². The van der Waals surface area contributed by atoms with Crippen molar-refractivity contribution in [3.8, 4) is 11.8 Å². The average molecular weight is 315 g/mol. The molecule has 1 fully saturated rings. The van der Waals surface area contributed by atoms with E-state index >= 15 is 0 Å². The number of hydrogen-bond donors (Lipinski definition) is 0. The molecule has 0 radical (unpaired) electrons. The maximum Gasteiger partial charge on any atom is 0.236 e. The quantitative estimate of drug-likeness (QED) is 0.818. The summed E-state index contributed by atoms with van der Waals surface area (Å²) in [4.78, 5) is 27.4. The first-order valence-corrected chi connectivity index (χ1v) is 7.70. The topological polar surface area (TPSA) is 73.6 Å². The maximum atomic E-state index is 12.3. The molecule has 0 N–H and O–H groups in total. The van der Waals surface area contributed by atoms with E-state index in [1.54, 1.807) is 16.9 Å². The summed E-state index contributed by atoms with van der Waals surface area (Å²) in [7, 11) is 1.62. The van der Waals surface area contributed by atoms with Crippen LogP contribution < -0.4 is 4.74 Å². The average Bonchev–Trinajstić information content (AvgIpc) is 2.60. The number of hydrogen-bond acceptors (Lipinski definition) is 4. The van der Waals surface area contributed by atoms with Crippen molar-refractivity contribution in [2.75, 3.05) is 33.3 Å². The van der Waals surface area contributed by atoms with Gasteiger partial charge in [0, 0.05) is 32.6 Å². The van der Waals surface area contributed by atoms with Crippen LogP contribution in [0.3, 0.4) is 0 Å². The highest BCUT2D eigenvalue weighted by Gasteiger charge is 2.23. The Morgan fingerprint density at radius 3 is 2.35 bits per heavy atom. The summed E-state index contributed by atoms with van der Waals surface area (Å²) in [5.41, 5.74) is 1.02. The lowest BCUT2D eigenvalue weighted by atomic mass is 10.1. The number of carbonyl (C=O) groups is 2. The van der Waals surface area contributed by atoms with Crippen molar-refractivity contribution in [3.63, 3.8) is 0 Å². The molecule has 1 aliphatic rings. The summed E-state index contributed by atoms with van der Waals surface area (Å²) in [6, 6.07) is 9.55. The third kappa shape index (κ3) is 4.46. The summed E-state index contributed by atoms with van der Waals surface area (Å²) in [6.45, 7) is 2.06. The number of nitrogens with zero attached hydrogens (tertiary/aromatic N) is 3. The third-order valence-electron chi connectivity index (χ3n) is 4.02. The standard InChI is InChI=1S/C17H21N3O3/c1-23-15-5-3-2-4-14(15)6-7-16(21)19-10-12-20(13-11-19)17(22)8-9-18/h2-5H,6-8,10-13H2,1H3. The van der Waals surface area contributed by atoms with Crippen LogP contribution in [-0.2, 0) is 16.0 Å². The van der Waals surface area contributed by atoms with Gasteiger partial charge in [-0.2, -0.15) is 5.26 Å². The van der Waals surface area contributed by atoms with Gasteiger partial charge in [0.15, 0.2) is 0 Å². The molecule has 1 heterocycles. The zero-order valence-corrected chi connectivity index (χ0v) is 13.3. The molecule has 1 aromatic carbocycles. The molecule has 122 valence electrons. The lowest BCUT2D eigenvalue weighted by Crippen LogP contribution is -2.50. The smallest absolute Gasteiger partial charge is 0.236 e. The van der Waals surface area contributed by atoms with Gasteiger partial charge in [-0.25, -0.2) is 0 Å². The third-order valence-corrected chi connectivity index (χ3v) is 4.02. The highest BCUT2D eigenvalue weighted by Crippen LogP contribution is 2.19. The fourth-order valence-electron chi connectivity index (χ4n) is 2.69. The predicted molar refractivity (Wildman–Crippen MR) is 84.7 cm³/mol. The van der Waals surface area contributed by atoms with Gasteiger partial charge in [-0.3, -0.25) is 9.59 Å². The van der Waals surface area contributed by atoms with Crippen molar-refractivity contribution in [3.05, 3.63) is 29.8 Å². The van der Waals surface area contributed by atoms with E-state index in [0.29, 0.717) is 39.0 Å². The van der Waals surface area contributed by atoms with Crippen LogP contribution in [0.5, 0.6) is 5.75 Å². The zero-order chi connectivity index (χ0) is 16.7. The maximum absolute atomic E-state index is 12.3. The molecule has 0 bridgehead atoms. The summed E-state index contributed by atoms with van der Waals surface area (Å²) >= 11 is 0. The Hall–Kier alpha value is -2.55. The number of carbonyl (C=O) groups excluding carboxylic acids is 2. The van der Waals surface area contributed by atoms with E-state index in [2.05, 4.69) is 0 Å². The minimum Gasteiger partial charge on any atom is -0.496 e. The summed E-state index contributed by atoms with van der Waals surface area (Å²) in [6.07, 6.45) is 0.963. The van der Waals surface area contributed by atoms with Crippen molar-refractivity contribution in [2.24, 2.45) is 0 Å². The lowest BCUT2D eigenvalue weighted by molar-refractivity contribution is -0.139. The highest BCUT2D eigenvalue weighted by atomic mass is 16.5. The first-order valence-electron chi connectivity index (χ1n) is 7.70. The molecular weight excluding hydrogens is 294 g/mol. The van der Waals surface area contributed by atoms with Crippen molar-refractivity contribution in [1.82, 2.24) is 9.80 Å². The van der Waals surface area contributed by atoms with Gasteiger partial charge < -0.3 is 14.5 Å². The minimum atomic E-state index is -0.159. The van der Waals surface area contributed by atoms with Crippen LogP contribution in [0, 0.1) is 11.3 Å². The number of ether oxygens (including phenoxy) is 1. The number of amides is 2. The molecule has 2 amide bonds. The molecule has 0 atom stereocenters. The van der Waals surface area contributed by atoms with Crippen molar-refractivity contribution in [2.45, 2.75) is 19.3 Å². The van der Waals surface area contributed by atoms with Gasteiger partial charge in [0.25, 0.3) is 0 Å². The lowest BCUT2D eigenvalue weighted by Gasteiger charge is -2.34. The van der Waals surface area contributed by atoms with Crippen molar-refractivity contribution in [1.29, 1.82) is 5.26 Å². The number of methoxy groups -OCH3 is 1. The molecule has 1 aromatic rings. The van der Waals surface area contributed by atoms with Gasteiger partial charge in [0.1, 0.15) is 12.2 Å². The summed E-state index contributed by atoms with van der Waals surface area (Å²) in [5.74, 6) is 0.726. The van der Waals surface area contributed by atoms with Crippen molar-refractivity contribution < 1.29 is 14.3 Å². The fourth-order valence-corrected chi connectivity index (χ4v) is 2.69. The van der Waals surface area contributed by atoms with E-state index < -0.39 is 0 Å². The second-order valence-corrected chi connectivity index (χ2v) is 5.41. The second kappa shape index (κ2) is 8.18. The molecular formula is C17H21N3O3. The van der Waals surface area contributed by atoms with E-state index in [9.17, 15) is 9.59 Å². The Morgan fingerprint density at radius 2 is 1.74 bits per heavy atom. The molecule has 6 heteroatoms. The molecule has 0 spiro atoms. The SMILES string of the molecule is COc1ccccc1CCC(=O)N1CCN(C(=O)CC#N)CC1. The van der Waals surface area contributed by atoms with E-state index in [4.69, 9.17) is 10.00 Å². The number of benzene rings is 1. The van der Waals surface area contributed by atoms with Gasteiger partial charge in [-0.05, 0) is 18.1 Å². The van der Waals surface area contributed by atoms with Crippen LogP contribution in [0.1, 0.15) is 18.4 Å². The number of para-hydroxylation sites is 1. The monoisotopic (exact) mass is 315 g/mol. The van der Waals surface area contributed by atoms with E-state index in [1.165, 1.54) is 0 Å². The normalized spacial score (nSPS) is 14.3. The van der Waals surface area contributed by atoms with Crippen LogP contribution in [0.2, 0.25) is 0 Å². The molecule has 0 aliphatic carbocycles.